The smallest absolute Gasteiger partial charge is 0.291 e. The summed E-state index contributed by atoms with van der Waals surface area (Å²) in [4.78, 5) is 40.3. The van der Waals surface area contributed by atoms with Crippen molar-refractivity contribution in [3.8, 4) is 0 Å². The standard InChI is InChI=1S/C22H24N4O7S/c27-18-6-5-16(24-26(18)14-7-12-34(30,31)13-14)21(28)23-19-15-3-1-2-4-17(15)33-20(19)22(29)25-8-10-32-11-9-25/h1-4,14H,5-13H2,(H,23,28). The second-order valence-electron chi connectivity index (χ2n) is 8.50. The number of hydrogen-bond acceptors (Lipinski definition) is 8. The van der Waals surface area contributed by atoms with Gasteiger partial charge in [0.05, 0.1) is 30.8 Å². The van der Waals surface area contributed by atoms with Crippen molar-refractivity contribution in [3.05, 3.63) is 30.0 Å². The Morgan fingerprint density at radius 3 is 2.62 bits per heavy atom. The number of nitrogens with one attached hydrogen (secondary N) is 1. The first kappa shape index (κ1) is 22.5. The van der Waals surface area contributed by atoms with Gasteiger partial charge in [0, 0.05) is 31.3 Å². The molecule has 0 spiro atoms. The first-order chi connectivity index (χ1) is 16.3. The molecule has 180 valence electrons. The maximum absolute atomic E-state index is 13.2. The molecule has 34 heavy (non-hydrogen) atoms. The number of nitrogens with zero attached hydrogens (tertiary/aromatic N) is 3. The number of carbonyl (C=O) groups is 3. The highest BCUT2D eigenvalue weighted by Gasteiger charge is 2.37. The third-order valence-electron chi connectivity index (χ3n) is 6.20. The summed E-state index contributed by atoms with van der Waals surface area (Å²) in [5.41, 5.74) is 0.790. The van der Waals surface area contributed by atoms with Crippen LogP contribution in [0, 0.1) is 0 Å². The third kappa shape index (κ3) is 4.30. The Morgan fingerprint density at radius 2 is 1.88 bits per heavy atom. The van der Waals surface area contributed by atoms with Gasteiger partial charge in [0.15, 0.2) is 9.84 Å². The van der Waals surface area contributed by atoms with E-state index in [9.17, 15) is 22.8 Å². The number of para-hydroxylation sites is 1. The molecule has 1 aromatic carbocycles. The van der Waals surface area contributed by atoms with Crippen molar-refractivity contribution in [1.29, 1.82) is 0 Å². The zero-order valence-electron chi connectivity index (χ0n) is 18.4. The Kier molecular flexibility index (Phi) is 5.86. The zero-order chi connectivity index (χ0) is 23.9. The van der Waals surface area contributed by atoms with E-state index in [1.54, 1.807) is 29.2 Å². The highest BCUT2D eigenvalue weighted by Crippen LogP contribution is 2.32. The van der Waals surface area contributed by atoms with E-state index in [4.69, 9.17) is 9.15 Å². The van der Waals surface area contributed by atoms with Crippen LogP contribution in [0.25, 0.3) is 11.0 Å². The van der Waals surface area contributed by atoms with Crippen LogP contribution in [-0.4, -0.2) is 85.6 Å². The van der Waals surface area contributed by atoms with Crippen molar-refractivity contribution >= 4 is 49.9 Å². The van der Waals surface area contributed by atoms with Gasteiger partial charge in [-0.15, -0.1) is 0 Å². The van der Waals surface area contributed by atoms with Gasteiger partial charge in [-0.2, -0.15) is 5.10 Å². The van der Waals surface area contributed by atoms with Crippen LogP contribution in [0.3, 0.4) is 0 Å². The molecule has 0 bridgehead atoms. The van der Waals surface area contributed by atoms with E-state index in [1.807, 2.05) is 0 Å². The van der Waals surface area contributed by atoms with Gasteiger partial charge in [-0.05, 0) is 18.6 Å². The monoisotopic (exact) mass is 488 g/mol. The topological polar surface area (TPSA) is 139 Å². The van der Waals surface area contributed by atoms with Crippen LogP contribution in [-0.2, 0) is 24.2 Å². The fourth-order valence-electron chi connectivity index (χ4n) is 4.40. The number of morpholine rings is 1. The molecule has 2 fully saturated rings. The highest BCUT2D eigenvalue weighted by molar-refractivity contribution is 7.91. The molecule has 0 saturated carbocycles. The van der Waals surface area contributed by atoms with Crippen molar-refractivity contribution in [1.82, 2.24) is 9.91 Å². The average Bonchev–Trinajstić information content (AvgIpc) is 3.39. The van der Waals surface area contributed by atoms with Gasteiger partial charge in [-0.3, -0.25) is 14.4 Å². The van der Waals surface area contributed by atoms with Crippen molar-refractivity contribution in [3.63, 3.8) is 0 Å². The number of furan rings is 1. The van der Waals surface area contributed by atoms with Crippen LogP contribution in [0.4, 0.5) is 5.69 Å². The number of ether oxygens (including phenoxy) is 1. The first-order valence-corrected chi connectivity index (χ1v) is 12.9. The van der Waals surface area contributed by atoms with Gasteiger partial charge in [-0.25, -0.2) is 13.4 Å². The van der Waals surface area contributed by atoms with Crippen LogP contribution >= 0.6 is 0 Å². The minimum Gasteiger partial charge on any atom is -0.449 e. The first-order valence-electron chi connectivity index (χ1n) is 11.1. The average molecular weight is 489 g/mol. The van der Waals surface area contributed by atoms with E-state index in [1.165, 1.54) is 0 Å². The lowest BCUT2D eigenvalue weighted by Crippen LogP contribution is -2.43. The van der Waals surface area contributed by atoms with Crippen molar-refractivity contribution in [2.75, 3.05) is 43.1 Å². The lowest BCUT2D eigenvalue weighted by molar-refractivity contribution is -0.133. The van der Waals surface area contributed by atoms with E-state index in [2.05, 4.69) is 10.4 Å². The molecule has 3 aliphatic rings. The molecular formula is C22H24N4O7S. The van der Waals surface area contributed by atoms with Gasteiger partial charge >= 0.3 is 0 Å². The maximum Gasteiger partial charge on any atom is 0.291 e. The Hall–Kier alpha value is -3.25. The predicted octanol–water partition coefficient (Wildman–Crippen LogP) is 1.01. The Labute approximate surface area is 195 Å². The van der Waals surface area contributed by atoms with Gasteiger partial charge in [0.1, 0.15) is 17.0 Å². The highest BCUT2D eigenvalue weighted by atomic mass is 32.2. The largest absolute Gasteiger partial charge is 0.449 e. The maximum atomic E-state index is 13.2. The van der Waals surface area contributed by atoms with E-state index >= 15 is 0 Å². The molecule has 12 heteroatoms. The summed E-state index contributed by atoms with van der Waals surface area (Å²) in [7, 11) is -3.22. The van der Waals surface area contributed by atoms with Crippen LogP contribution in [0.5, 0.6) is 0 Å². The summed E-state index contributed by atoms with van der Waals surface area (Å²) in [5, 5.41) is 8.69. The number of anilines is 1. The normalized spacial score (nSPS) is 22.6. The molecule has 3 amide bonds. The summed E-state index contributed by atoms with van der Waals surface area (Å²) in [5.74, 6) is -1.39. The summed E-state index contributed by atoms with van der Waals surface area (Å²) < 4.78 is 34.8. The quantitative estimate of drug-likeness (QED) is 0.678. The van der Waals surface area contributed by atoms with Crippen LogP contribution in [0.1, 0.15) is 29.8 Å². The molecule has 11 nitrogen and oxygen atoms in total. The zero-order valence-corrected chi connectivity index (χ0v) is 19.2. The number of sulfone groups is 1. The molecule has 4 heterocycles. The number of fused-ring (bicyclic) bond motifs is 1. The number of hydrazone groups is 1. The molecule has 1 N–H and O–H groups in total. The number of carbonyl (C=O) groups excluding carboxylic acids is 3. The summed E-state index contributed by atoms with van der Waals surface area (Å²) >= 11 is 0. The Morgan fingerprint density at radius 1 is 1.12 bits per heavy atom. The molecule has 1 aromatic heterocycles. The molecule has 1 unspecified atom stereocenters. The molecule has 0 radical (unpaired) electrons. The molecule has 2 saturated heterocycles. The summed E-state index contributed by atoms with van der Waals surface area (Å²) in [6.45, 7) is 1.67. The van der Waals surface area contributed by atoms with Crippen molar-refractivity contribution in [2.45, 2.75) is 25.3 Å². The fraction of sp³-hybridized carbons (Fsp3) is 0.455. The van der Waals surface area contributed by atoms with E-state index in [0.29, 0.717) is 37.3 Å². The van der Waals surface area contributed by atoms with Gasteiger partial charge in [0.2, 0.25) is 11.7 Å². The Bertz CT molecular complexity index is 1290. The minimum atomic E-state index is -3.22. The second-order valence-corrected chi connectivity index (χ2v) is 10.7. The SMILES string of the molecule is O=C(Nc1c(C(=O)N2CCOCC2)oc2ccccc12)C1=NN(C2CCS(=O)(=O)C2)C(=O)CC1. The number of hydrogen-bond donors (Lipinski definition) is 1. The molecular weight excluding hydrogens is 464 g/mol. The molecule has 0 aliphatic carbocycles. The molecule has 3 aliphatic heterocycles. The van der Waals surface area contributed by atoms with Crippen LogP contribution in [0.15, 0.2) is 33.8 Å². The van der Waals surface area contributed by atoms with E-state index < -0.39 is 21.8 Å². The third-order valence-corrected chi connectivity index (χ3v) is 7.95. The number of amides is 3. The fourth-order valence-corrected chi connectivity index (χ4v) is 6.10. The molecule has 1 atom stereocenters. The van der Waals surface area contributed by atoms with Crippen molar-refractivity contribution in [2.24, 2.45) is 5.10 Å². The lowest BCUT2D eigenvalue weighted by Gasteiger charge is -2.27. The van der Waals surface area contributed by atoms with Crippen LogP contribution < -0.4 is 5.32 Å². The molecule has 5 rings (SSSR count). The number of rotatable bonds is 4. The van der Waals surface area contributed by atoms with Gasteiger partial charge in [-0.1, -0.05) is 12.1 Å². The Balaban J connectivity index is 1.43. The van der Waals surface area contributed by atoms with Crippen LogP contribution in [0.2, 0.25) is 0 Å². The van der Waals surface area contributed by atoms with Crippen molar-refractivity contribution < 1.29 is 32.0 Å². The van der Waals surface area contributed by atoms with Gasteiger partial charge in [0.25, 0.3) is 11.8 Å². The molecule has 2 aromatic rings. The predicted molar refractivity (Wildman–Crippen MR) is 122 cm³/mol. The number of benzene rings is 1. The summed E-state index contributed by atoms with van der Waals surface area (Å²) in [6.07, 6.45) is 0.453. The summed E-state index contributed by atoms with van der Waals surface area (Å²) in [6, 6.07) is 6.42. The lowest BCUT2D eigenvalue weighted by atomic mass is 10.1. The second kappa shape index (κ2) is 8.84. The van der Waals surface area contributed by atoms with E-state index in [-0.39, 0.29) is 59.7 Å². The van der Waals surface area contributed by atoms with Gasteiger partial charge < -0.3 is 19.4 Å². The van der Waals surface area contributed by atoms with E-state index in [0.717, 1.165) is 5.01 Å². The minimum absolute atomic E-state index is 0.00742.